The van der Waals surface area contributed by atoms with Gasteiger partial charge in [-0.25, -0.2) is 9.97 Å². The first-order valence-electron chi connectivity index (χ1n) is 5.80. The summed E-state index contributed by atoms with van der Waals surface area (Å²) in [5.74, 6) is 2.35. The van der Waals surface area contributed by atoms with E-state index >= 15 is 0 Å². The molecule has 2 nitrogen and oxygen atoms in total. The highest BCUT2D eigenvalue weighted by Gasteiger charge is 2.14. The van der Waals surface area contributed by atoms with Crippen molar-refractivity contribution >= 4 is 0 Å². The Bertz CT molecular complexity index is 327. The molecule has 0 fully saturated rings. The Hall–Kier alpha value is -0.920. The van der Waals surface area contributed by atoms with Gasteiger partial charge in [0.15, 0.2) is 0 Å². The molecule has 84 valence electrons. The first-order valence-corrected chi connectivity index (χ1v) is 5.80. The normalized spacial score (nSPS) is 11.8. The molecule has 0 aliphatic heterocycles. The molecule has 1 heterocycles. The molecule has 0 aliphatic carbocycles. The summed E-state index contributed by atoms with van der Waals surface area (Å²) in [6.07, 6.45) is 2.00. The maximum Gasteiger partial charge on any atom is 0.131 e. The van der Waals surface area contributed by atoms with Gasteiger partial charge >= 0.3 is 0 Å². The van der Waals surface area contributed by atoms with Crippen LogP contribution in [-0.4, -0.2) is 9.97 Å². The first-order chi connectivity index (χ1) is 6.93. The zero-order valence-electron chi connectivity index (χ0n) is 10.7. The van der Waals surface area contributed by atoms with Gasteiger partial charge in [-0.1, -0.05) is 41.5 Å². The Morgan fingerprint density at radius 3 is 1.87 bits per heavy atom. The van der Waals surface area contributed by atoms with Gasteiger partial charge in [-0.05, 0) is 17.4 Å². The Kier molecular flexibility index (Phi) is 3.83. The number of rotatable bonds is 3. The molecule has 0 unspecified atom stereocenters. The summed E-state index contributed by atoms with van der Waals surface area (Å²) in [4.78, 5) is 9.11. The van der Waals surface area contributed by atoms with Crippen molar-refractivity contribution in [2.45, 2.75) is 59.3 Å². The molecule has 0 N–H and O–H groups in total. The maximum atomic E-state index is 4.68. The van der Waals surface area contributed by atoms with Crippen LogP contribution in [0.4, 0.5) is 0 Å². The van der Waals surface area contributed by atoms with Crippen molar-refractivity contribution in [3.63, 3.8) is 0 Å². The first kappa shape index (κ1) is 12.2. The largest absolute Gasteiger partial charge is 0.241 e. The fraction of sp³-hybridized carbons (Fsp3) is 0.692. The van der Waals surface area contributed by atoms with Crippen molar-refractivity contribution in [3.8, 4) is 0 Å². The second-order valence-electron chi connectivity index (χ2n) is 5.03. The van der Waals surface area contributed by atoms with Crippen molar-refractivity contribution < 1.29 is 0 Å². The minimum absolute atomic E-state index is 0.406. The molecule has 15 heavy (non-hydrogen) atoms. The Balaban J connectivity index is 3.21. The molecule has 1 aromatic heterocycles. The summed E-state index contributed by atoms with van der Waals surface area (Å²) in [6, 6.07) is 0. The molecule has 0 saturated heterocycles. The lowest BCUT2D eigenvalue weighted by Gasteiger charge is -2.16. The Labute approximate surface area is 93.2 Å². The van der Waals surface area contributed by atoms with Crippen LogP contribution in [0.1, 0.15) is 76.4 Å². The maximum absolute atomic E-state index is 4.68. The highest BCUT2D eigenvalue weighted by molar-refractivity contribution is 5.24. The van der Waals surface area contributed by atoms with Gasteiger partial charge < -0.3 is 0 Å². The molecule has 0 saturated carbocycles. The van der Waals surface area contributed by atoms with Gasteiger partial charge in [-0.15, -0.1) is 0 Å². The van der Waals surface area contributed by atoms with E-state index in [9.17, 15) is 0 Å². The fourth-order valence-electron chi connectivity index (χ4n) is 1.60. The summed E-state index contributed by atoms with van der Waals surface area (Å²) in [6.45, 7) is 13.0. The summed E-state index contributed by atoms with van der Waals surface area (Å²) in [5, 5.41) is 0. The van der Waals surface area contributed by atoms with Crippen LogP contribution >= 0.6 is 0 Å². The second kappa shape index (κ2) is 4.73. The number of aromatic nitrogens is 2. The predicted molar refractivity (Wildman–Crippen MR) is 64.3 cm³/mol. The smallest absolute Gasteiger partial charge is 0.131 e. The Morgan fingerprint density at radius 2 is 1.47 bits per heavy atom. The third-order valence-corrected chi connectivity index (χ3v) is 2.55. The van der Waals surface area contributed by atoms with Crippen LogP contribution in [0.2, 0.25) is 0 Å². The second-order valence-corrected chi connectivity index (χ2v) is 5.03. The summed E-state index contributed by atoms with van der Waals surface area (Å²) < 4.78 is 0. The number of hydrogen-bond acceptors (Lipinski definition) is 2. The highest BCUT2D eigenvalue weighted by atomic mass is 14.9. The molecular weight excluding hydrogens is 184 g/mol. The predicted octanol–water partition coefficient (Wildman–Crippen LogP) is 3.85. The minimum atomic E-state index is 0.406. The molecule has 1 aromatic rings. The topological polar surface area (TPSA) is 25.8 Å². The van der Waals surface area contributed by atoms with Gasteiger partial charge in [0.1, 0.15) is 5.82 Å². The molecule has 0 aromatic carbocycles. The van der Waals surface area contributed by atoms with Crippen molar-refractivity contribution in [2.24, 2.45) is 0 Å². The quantitative estimate of drug-likeness (QED) is 0.750. The molecule has 0 amide bonds. The van der Waals surface area contributed by atoms with E-state index in [-0.39, 0.29) is 0 Å². The lowest BCUT2D eigenvalue weighted by molar-refractivity contribution is 0.695. The molecule has 0 aliphatic rings. The lowest BCUT2D eigenvalue weighted by atomic mass is 9.96. The van der Waals surface area contributed by atoms with E-state index < -0.39 is 0 Å². The van der Waals surface area contributed by atoms with E-state index in [2.05, 4.69) is 51.5 Å². The zero-order valence-corrected chi connectivity index (χ0v) is 10.7. The molecule has 0 radical (unpaired) electrons. The molecule has 0 spiro atoms. The summed E-state index contributed by atoms with van der Waals surface area (Å²) in [7, 11) is 0. The standard InChI is InChI=1S/C13H22N2/c1-8(2)11-7-14-13(10(5)6)15-12(11)9(3)4/h7-10H,1-6H3. The van der Waals surface area contributed by atoms with Crippen LogP contribution in [-0.2, 0) is 0 Å². The van der Waals surface area contributed by atoms with Crippen LogP contribution < -0.4 is 0 Å². The monoisotopic (exact) mass is 206 g/mol. The van der Waals surface area contributed by atoms with Gasteiger partial charge in [0.25, 0.3) is 0 Å². The van der Waals surface area contributed by atoms with E-state index in [1.807, 2.05) is 6.20 Å². The highest BCUT2D eigenvalue weighted by Crippen LogP contribution is 2.24. The van der Waals surface area contributed by atoms with Crippen LogP contribution in [0.25, 0.3) is 0 Å². The van der Waals surface area contributed by atoms with E-state index in [0.29, 0.717) is 17.8 Å². The van der Waals surface area contributed by atoms with Crippen LogP contribution in [0.3, 0.4) is 0 Å². The third kappa shape index (κ3) is 2.77. The number of hydrogen-bond donors (Lipinski definition) is 0. The summed E-state index contributed by atoms with van der Waals surface area (Å²) in [5.41, 5.74) is 2.50. The van der Waals surface area contributed by atoms with Crippen molar-refractivity contribution in [1.29, 1.82) is 0 Å². The molecule has 0 atom stereocenters. The van der Waals surface area contributed by atoms with Gasteiger partial charge in [0.2, 0.25) is 0 Å². The van der Waals surface area contributed by atoms with E-state index in [0.717, 1.165) is 5.82 Å². The van der Waals surface area contributed by atoms with E-state index in [1.54, 1.807) is 0 Å². The van der Waals surface area contributed by atoms with Crippen molar-refractivity contribution in [3.05, 3.63) is 23.3 Å². The average Bonchev–Trinajstić information content (AvgIpc) is 2.16. The third-order valence-electron chi connectivity index (χ3n) is 2.55. The molecule has 2 heteroatoms. The molecular formula is C13H22N2. The van der Waals surface area contributed by atoms with Gasteiger partial charge in [0, 0.05) is 12.1 Å². The molecule has 0 bridgehead atoms. The van der Waals surface area contributed by atoms with Crippen LogP contribution in [0.15, 0.2) is 6.20 Å². The van der Waals surface area contributed by atoms with Crippen LogP contribution in [0, 0.1) is 0 Å². The SMILES string of the molecule is CC(C)c1ncc(C(C)C)c(C(C)C)n1. The van der Waals surface area contributed by atoms with Gasteiger partial charge in [-0.3, -0.25) is 0 Å². The number of nitrogens with zero attached hydrogens (tertiary/aromatic N) is 2. The Morgan fingerprint density at radius 1 is 0.867 bits per heavy atom. The molecule has 1 rings (SSSR count). The van der Waals surface area contributed by atoms with E-state index in [1.165, 1.54) is 11.3 Å². The average molecular weight is 206 g/mol. The van der Waals surface area contributed by atoms with E-state index in [4.69, 9.17) is 0 Å². The van der Waals surface area contributed by atoms with Crippen molar-refractivity contribution in [1.82, 2.24) is 9.97 Å². The summed E-state index contributed by atoms with van der Waals surface area (Å²) >= 11 is 0. The van der Waals surface area contributed by atoms with Gasteiger partial charge in [-0.2, -0.15) is 0 Å². The van der Waals surface area contributed by atoms with Crippen LogP contribution in [0.5, 0.6) is 0 Å². The lowest BCUT2D eigenvalue weighted by Crippen LogP contribution is -2.08. The van der Waals surface area contributed by atoms with Crippen molar-refractivity contribution in [2.75, 3.05) is 0 Å². The zero-order chi connectivity index (χ0) is 11.6. The fourth-order valence-corrected chi connectivity index (χ4v) is 1.60. The minimum Gasteiger partial charge on any atom is -0.241 e. The van der Waals surface area contributed by atoms with Gasteiger partial charge in [0.05, 0.1) is 5.69 Å².